The molecule has 2 rings (SSSR count). The van der Waals surface area contributed by atoms with Crippen molar-refractivity contribution in [2.45, 2.75) is 25.7 Å². The van der Waals surface area contributed by atoms with Gasteiger partial charge in [0.1, 0.15) is 5.82 Å². The van der Waals surface area contributed by atoms with Gasteiger partial charge >= 0.3 is 0 Å². The van der Waals surface area contributed by atoms with Crippen LogP contribution in [0.2, 0.25) is 0 Å². The lowest BCUT2D eigenvalue weighted by Gasteiger charge is -2.07. The predicted octanol–water partition coefficient (Wildman–Crippen LogP) is 3.57. The van der Waals surface area contributed by atoms with Crippen LogP contribution < -0.4 is 10.6 Å². The Balaban J connectivity index is 1.40. The van der Waals surface area contributed by atoms with Gasteiger partial charge in [0, 0.05) is 13.1 Å². The van der Waals surface area contributed by atoms with Crippen molar-refractivity contribution in [2.24, 2.45) is 0 Å². The highest BCUT2D eigenvalue weighted by Crippen LogP contribution is 2.04. The molecule has 0 amide bonds. The third-order valence-electron chi connectivity index (χ3n) is 3.87. The Morgan fingerprint density at radius 3 is 2.17 bits per heavy atom. The zero-order chi connectivity index (χ0) is 16.2. The molecule has 124 valence electrons. The van der Waals surface area contributed by atoms with Gasteiger partial charge in [0.25, 0.3) is 0 Å². The summed E-state index contributed by atoms with van der Waals surface area (Å²) in [5.41, 5.74) is 2.47. The third-order valence-corrected chi connectivity index (χ3v) is 3.87. The number of aryl methyl sites for hydroxylation is 1. The summed E-state index contributed by atoms with van der Waals surface area (Å²) in [5, 5.41) is 6.84. The normalized spacial score (nSPS) is 10.8. The van der Waals surface area contributed by atoms with Crippen LogP contribution in [0.25, 0.3) is 0 Å². The molecule has 0 heterocycles. The smallest absolute Gasteiger partial charge is 0.123 e. The fourth-order valence-corrected chi connectivity index (χ4v) is 2.58. The van der Waals surface area contributed by atoms with Crippen LogP contribution in [0.5, 0.6) is 0 Å². The third kappa shape index (κ3) is 7.91. The molecule has 2 aromatic carbocycles. The lowest BCUT2D eigenvalue weighted by atomic mass is 10.1. The maximum atomic E-state index is 13.0. The second-order valence-electron chi connectivity index (χ2n) is 5.82. The minimum absolute atomic E-state index is 0.153. The quantitative estimate of drug-likeness (QED) is 0.620. The summed E-state index contributed by atoms with van der Waals surface area (Å²) >= 11 is 0. The van der Waals surface area contributed by atoms with Gasteiger partial charge in [-0.05, 0) is 62.0 Å². The first-order valence-electron chi connectivity index (χ1n) is 8.54. The molecule has 0 unspecified atom stereocenters. The molecule has 0 radical (unpaired) electrons. The second kappa shape index (κ2) is 10.9. The predicted molar refractivity (Wildman–Crippen MR) is 95.2 cm³/mol. The molecule has 0 fully saturated rings. The number of halogens is 1. The largest absolute Gasteiger partial charge is 0.315 e. The first kappa shape index (κ1) is 17.6. The highest BCUT2D eigenvalue weighted by Gasteiger charge is 1.96. The monoisotopic (exact) mass is 314 g/mol. The molecule has 23 heavy (non-hydrogen) atoms. The zero-order valence-electron chi connectivity index (χ0n) is 13.7. The molecule has 0 saturated heterocycles. The van der Waals surface area contributed by atoms with Crippen molar-refractivity contribution < 1.29 is 4.39 Å². The highest BCUT2D eigenvalue weighted by molar-refractivity contribution is 5.16. The summed E-state index contributed by atoms with van der Waals surface area (Å²) in [6, 6.07) is 17.5. The van der Waals surface area contributed by atoms with Gasteiger partial charge in [-0.15, -0.1) is 0 Å². The summed E-state index contributed by atoms with van der Waals surface area (Å²) in [5.74, 6) is -0.153. The van der Waals surface area contributed by atoms with E-state index in [1.54, 1.807) is 12.1 Å². The lowest BCUT2D eigenvalue weighted by molar-refractivity contribution is 0.584. The summed E-state index contributed by atoms with van der Waals surface area (Å²) in [6.45, 7) is 3.89. The topological polar surface area (TPSA) is 24.1 Å². The van der Waals surface area contributed by atoms with Crippen molar-refractivity contribution in [2.75, 3.05) is 26.2 Å². The summed E-state index contributed by atoms with van der Waals surface area (Å²) in [6.07, 6.45) is 4.46. The Bertz CT molecular complexity index is 542. The first-order chi connectivity index (χ1) is 11.3. The SMILES string of the molecule is Fc1cccc(CCNCCNCCCCc2ccccc2)c1. The Kier molecular flexibility index (Phi) is 8.38. The van der Waals surface area contributed by atoms with Crippen LogP contribution in [0.4, 0.5) is 4.39 Å². The average molecular weight is 314 g/mol. The Labute approximate surface area is 139 Å². The maximum Gasteiger partial charge on any atom is 0.123 e. The van der Waals surface area contributed by atoms with Crippen LogP contribution in [-0.4, -0.2) is 26.2 Å². The fraction of sp³-hybridized carbons (Fsp3) is 0.400. The first-order valence-corrected chi connectivity index (χ1v) is 8.54. The molecule has 0 aliphatic heterocycles. The molecule has 0 aliphatic rings. The standard InChI is InChI=1S/C20H27FN2/c21-20-11-6-10-19(17-20)12-14-23-16-15-22-13-5-4-9-18-7-2-1-3-8-18/h1-3,6-8,10-11,17,22-23H,4-5,9,12-16H2. The molecule has 2 N–H and O–H groups in total. The Morgan fingerprint density at radius 2 is 1.39 bits per heavy atom. The van der Waals surface area contributed by atoms with Crippen LogP contribution in [0.1, 0.15) is 24.0 Å². The minimum Gasteiger partial charge on any atom is -0.315 e. The van der Waals surface area contributed by atoms with Crippen LogP contribution in [0.3, 0.4) is 0 Å². The number of hydrogen-bond donors (Lipinski definition) is 2. The molecule has 3 heteroatoms. The van der Waals surface area contributed by atoms with E-state index < -0.39 is 0 Å². The van der Waals surface area contributed by atoms with Crippen molar-refractivity contribution in [3.63, 3.8) is 0 Å². The van der Waals surface area contributed by atoms with Crippen molar-refractivity contribution in [1.29, 1.82) is 0 Å². The van der Waals surface area contributed by atoms with E-state index in [0.29, 0.717) is 0 Å². The van der Waals surface area contributed by atoms with Crippen LogP contribution >= 0.6 is 0 Å². The lowest BCUT2D eigenvalue weighted by Crippen LogP contribution is -2.29. The van der Waals surface area contributed by atoms with E-state index in [9.17, 15) is 4.39 Å². The van der Waals surface area contributed by atoms with Crippen LogP contribution in [0.15, 0.2) is 54.6 Å². The van der Waals surface area contributed by atoms with Gasteiger partial charge in [-0.25, -0.2) is 4.39 Å². The Morgan fingerprint density at radius 1 is 0.652 bits per heavy atom. The van der Waals surface area contributed by atoms with Crippen molar-refractivity contribution in [3.05, 3.63) is 71.5 Å². The molecule has 0 spiro atoms. The Hall–Kier alpha value is -1.71. The summed E-state index contributed by atoms with van der Waals surface area (Å²) in [7, 11) is 0. The number of unbranched alkanes of at least 4 members (excludes halogenated alkanes) is 1. The van der Waals surface area contributed by atoms with Gasteiger partial charge < -0.3 is 10.6 Å². The second-order valence-corrected chi connectivity index (χ2v) is 5.82. The van der Waals surface area contributed by atoms with E-state index in [1.165, 1.54) is 24.5 Å². The molecular formula is C20H27FN2. The van der Waals surface area contributed by atoms with Crippen molar-refractivity contribution in [1.82, 2.24) is 10.6 Å². The molecule has 0 aromatic heterocycles. The molecule has 0 bridgehead atoms. The van der Waals surface area contributed by atoms with E-state index in [4.69, 9.17) is 0 Å². The van der Waals surface area contributed by atoms with Crippen LogP contribution in [0, 0.1) is 5.82 Å². The van der Waals surface area contributed by atoms with E-state index in [2.05, 4.69) is 41.0 Å². The van der Waals surface area contributed by atoms with Gasteiger partial charge in [-0.3, -0.25) is 0 Å². The van der Waals surface area contributed by atoms with Gasteiger partial charge in [0.2, 0.25) is 0 Å². The minimum atomic E-state index is -0.153. The maximum absolute atomic E-state index is 13.0. The molecular weight excluding hydrogens is 287 g/mol. The van der Waals surface area contributed by atoms with Gasteiger partial charge in [-0.1, -0.05) is 42.5 Å². The number of benzene rings is 2. The number of hydrogen-bond acceptors (Lipinski definition) is 2. The molecule has 0 aliphatic carbocycles. The van der Waals surface area contributed by atoms with Crippen molar-refractivity contribution >= 4 is 0 Å². The van der Waals surface area contributed by atoms with Gasteiger partial charge in [0.05, 0.1) is 0 Å². The molecule has 2 nitrogen and oxygen atoms in total. The highest BCUT2D eigenvalue weighted by atomic mass is 19.1. The fourth-order valence-electron chi connectivity index (χ4n) is 2.58. The zero-order valence-corrected chi connectivity index (χ0v) is 13.7. The summed E-state index contributed by atoms with van der Waals surface area (Å²) < 4.78 is 13.0. The van der Waals surface area contributed by atoms with Gasteiger partial charge in [0.15, 0.2) is 0 Å². The molecule has 0 atom stereocenters. The average Bonchev–Trinajstić information content (AvgIpc) is 2.57. The van der Waals surface area contributed by atoms with Crippen LogP contribution in [-0.2, 0) is 12.8 Å². The van der Waals surface area contributed by atoms with E-state index in [0.717, 1.165) is 44.6 Å². The van der Waals surface area contributed by atoms with E-state index in [-0.39, 0.29) is 5.82 Å². The number of nitrogens with one attached hydrogen (secondary N) is 2. The number of rotatable bonds is 11. The molecule has 0 saturated carbocycles. The molecule has 2 aromatic rings. The van der Waals surface area contributed by atoms with E-state index in [1.807, 2.05) is 6.07 Å². The van der Waals surface area contributed by atoms with Gasteiger partial charge in [-0.2, -0.15) is 0 Å². The van der Waals surface area contributed by atoms with Crippen molar-refractivity contribution in [3.8, 4) is 0 Å². The van der Waals surface area contributed by atoms with E-state index >= 15 is 0 Å². The summed E-state index contributed by atoms with van der Waals surface area (Å²) in [4.78, 5) is 0.